The van der Waals surface area contributed by atoms with Gasteiger partial charge in [0, 0.05) is 11.8 Å². The summed E-state index contributed by atoms with van der Waals surface area (Å²) in [6, 6.07) is 11.3. The second-order valence-electron chi connectivity index (χ2n) is 4.55. The SMILES string of the molecule is COc1ccc(OC)c(NC(=S)Nc2ccc(OC(F)F)cc2)c1. The maximum atomic E-state index is 12.1. The maximum Gasteiger partial charge on any atom is 0.387 e. The molecule has 128 valence electrons. The number of rotatable bonds is 6. The lowest BCUT2D eigenvalue weighted by Gasteiger charge is -2.14. The van der Waals surface area contributed by atoms with Crippen molar-refractivity contribution >= 4 is 28.7 Å². The molecule has 2 aromatic rings. The fraction of sp³-hybridized carbons (Fsp3) is 0.188. The molecule has 0 aromatic heterocycles. The Balaban J connectivity index is 2.03. The Bertz CT molecular complexity index is 696. The van der Waals surface area contributed by atoms with Crippen LogP contribution in [0.5, 0.6) is 17.2 Å². The van der Waals surface area contributed by atoms with Crippen molar-refractivity contribution in [3.8, 4) is 17.2 Å². The highest BCUT2D eigenvalue weighted by atomic mass is 32.1. The molecular weight excluding hydrogens is 338 g/mol. The van der Waals surface area contributed by atoms with Gasteiger partial charge in [0.05, 0.1) is 19.9 Å². The highest BCUT2D eigenvalue weighted by molar-refractivity contribution is 7.80. The summed E-state index contributed by atoms with van der Waals surface area (Å²) in [7, 11) is 3.11. The third kappa shape index (κ3) is 4.95. The molecule has 2 aromatic carbocycles. The number of alkyl halides is 2. The zero-order valence-corrected chi connectivity index (χ0v) is 13.8. The first-order chi connectivity index (χ1) is 11.5. The van der Waals surface area contributed by atoms with Crippen molar-refractivity contribution < 1.29 is 23.0 Å². The van der Waals surface area contributed by atoms with E-state index in [1.54, 1.807) is 44.6 Å². The van der Waals surface area contributed by atoms with Gasteiger partial charge in [0.15, 0.2) is 5.11 Å². The molecule has 5 nitrogen and oxygen atoms in total. The molecule has 0 spiro atoms. The number of anilines is 2. The summed E-state index contributed by atoms with van der Waals surface area (Å²) in [5.74, 6) is 1.32. The number of ether oxygens (including phenoxy) is 3. The summed E-state index contributed by atoms with van der Waals surface area (Å²) < 4.78 is 38.9. The molecule has 0 heterocycles. The highest BCUT2D eigenvalue weighted by Crippen LogP contribution is 2.29. The largest absolute Gasteiger partial charge is 0.497 e. The third-order valence-electron chi connectivity index (χ3n) is 2.99. The predicted octanol–water partition coefficient (Wildman–Crippen LogP) is 4.11. The van der Waals surface area contributed by atoms with Gasteiger partial charge in [0.1, 0.15) is 17.2 Å². The lowest BCUT2D eigenvalue weighted by Crippen LogP contribution is -2.19. The molecule has 8 heteroatoms. The summed E-state index contributed by atoms with van der Waals surface area (Å²) in [5, 5.41) is 6.25. The van der Waals surface area contributed by atoms with Gasteiger partial charge in [-0.05, 0) is 48.6 Å². The van der Waals surface area contributed by atoms with Crippen LogP contribution in [0.4, 0.5) is 20.2 Å². The summed E-state index contributed by atoms with van der Waals surface area (Å²) in [6.07, 6.45) is 0. The first-order valence-electron chi connectivity index (χ1n) is 6.86. The standard InChI is InChI=1S/C16H16F2N2O3S/c1-21-12-7-8-14(22-2)13(9-12)20-16(24)19-10-3-5-11(6-4-10)23-15(17)18/h3-9,15H,1-2H3,(H2,19,20,24). The Morgan fingerprint density at radius 3 is 2.21 bits per heavy atom. The van der Waals surface area contributed by atoms with Gasteiger partial charge in [-0.2, -0.15) is 8.78 Å². The van der Waals surface area contributed by atoms with Crippen molar-refractivity contribution in [2.75, 3.05) is 24.9 Å². The van der Waals surface area contributed by atoms with Crippen LogP contribution in [0, 0.1) is 0 Å². The van der Waals surface area contributed by atoms with Crippen LogP contribution in [0.1, 0.15) is 0 Å². The lowest BCUT2D eigenvalue weighted by molar-refractivity contribution is -0.0498. The van der Waals surface area contributed by atoms with Crippen LogP contribution in [0.2, 0.25) is 0 Å². The van der Waals surface area contributed by atoms with E-state index in [2.05, 4.69) is 15.4 Å². The van der Waals surface area contributed by atoms with Gasteiger partial charge >= 0.3 is 6.61 Å². The Kier molecular flexibility index (Phi) is 6.14. The third-order valence-corrected chi connectivity index (χ3v) is 3.20. The Morgan fingerprint density at radius 1 is 0.958 bits per heavy atom. The van der Waals surface area contributed by atoms with Crippen molar-refractivity contribution in [1.82, 2.24) is 0 Å². The van der Waals surface area contributed by atoms with Crippen LogP contribution in [0.3, 0.4) is 0 Å². The average Bonchev–Trinajstić information content (AvgIpc) is 2.56. The molecular formula is C16H16F2N2O3S. The molecule has 24 heavy (non-hydrogen) atoms. The summed E-state index contributed by atoms with van der Waals surface area (Å²) in [4.78, 5) is 0. The van der Waals surface area contributed by atoms with E-state index in [4.69, 9.17) is 21.7 Å². The van der Waals surface area contributed by atoms with E-state index in [0.29, 0.717) is 28.0 Å². The van der Waals surface area contributed by atoms with Crippen LogP contribution < -0.4 is 24.8 Å². The summed E-state index contributed by atoms with van der Waals surface area (Å²) in [6.45, 7) is -2.85. The topological polar surface area (TPSA) is 51.8 Å². The Labute approximate surface area is 143 Å². The first-order valence-corrected chi connectivity index (χ1v) is 7.27. The highest BCUT2D eigenvalue weighted by Gasteiger charge is 2.08. The summed E-state index contributed by atoms with van der Waals surface area (Å²) >= 11 is 5.24. The number of hydrogen-bond acceptors (Lipinski definition) is 4. The zero-order chi connectivity index (χ0) is 17.5. The van der Waals surface area contributed by atoms with Gasteiger partial charge in [0.2, 0.25) is 0 Å². The molecule has 0 unspecified atom stereocenters. The number of hydrogen-bond donors (Lipinski definition) is 2. The minimum Gasteiger partial charge on any atom is -0.497 e. The monoisotopic (exact) mass is 354 g/mol. The fourth-order valence-corrected chi connectivity index (χ4v) is 2.14. The number of halogens is 2. The van der Waals surface area contributed by atoms with E-state index in [-0.39, 0.29) is 5.75 Å². The predicted molar refractivity (Wildman–Crippen MR) is 92.5 cm³/mol. The number of nitrogens with one attached hydrogen (secondary N) is 2. The molecule has 0 bridgehead atoms. The van der Waals surface area contributed by atoms with Crippen molar-refractivity contribution in [2.24, 2.45) is 0 Å². The van der Waals surface area contributed by atoms with Crippen molar-refractivity contribution in [1.29, 1.82) is 0 Å². The normalized spacial score (nSPS) is 10.2. The first kappa shape index (κ1) is 17.7. The van der Waals surface area contributed by atoms with E-state index in [1.807, 2.05) is 0 Å². The Morgan fingerprint density at radius 2 is 1.62 bits per heavy atom. The van der Waals surface area contributed by atoms with E-state index in [0.717, 1.165) is 0 Å². The lowest BCUT2D eigenvalue weighted by atomic mass is 10.2. The average molecular weight is 354 g/mol. The molecule has 0 amide bonds. The molecule has 0 aliphatic carbocycles. The molecule has 2 N–H and O–H groups in total. The van der Waals surface area contributed by atoms with Crippen molar-refractivity contribution in [3.63, 3.8) is 0 Å². The van der Waals surface area contributed by atoms with E-state index in [1.165, 1.54) is 12.1 Å². The molecule has 0 saturated heterocycles. The molecule has 0 atom stereocenters. The van der Waals surface area contributed by atoms with Gasteiger partial charge in [-0.1, -0.05) is 0 Å². The molecule has 2 rings (SSSR count). The van der Waals surface area contributed by atoms with Crippen molar-refractivity contribution in [2.45, 2.75) is 6.61 Å². The fourth-order valence-electron chi connectivity index (χ4n) is 1.92. The molecule has 0 radical (unpaired) electrons. The van der Waals surface area contributed by atoms with Crippen LogP contribution in [0.15, 0.2) is 42.5 Å². The quantitative estimate of drug-likeness (QED) is 0.762. The second-order valence-corrected chi connectivity index (χ2v) is 4.96. The van der Waals surface area contributed by atoms with E-state index in [9.17, 15) is 8.78 Å². The van der Waals surface area contributed by atoms with Crippen LogP contribution in [0.25, 0.3) is 0 Å². The van der Waals surface area contributed by atoms with Crippen molar-refractivity contribution in [3.05, 3.63) is 42.5 Å². The number of thiocarbonyl (C=S) groups is 1. The van der Waals surface area contributed by atoms with Gasteiger partial charge in [-0.25, -0.2) is 0 Å². The zero-order valence-electron chi connectivity index (χ0n) is 13.0. The van der Waals surface area contributed by atoms with Crippen LogP contribution in [-0.4, -0.2) is 25.9 Å². The molecule has 0 saturated carbocycles. The molecule has 0 fully saturated rings. The number of methoxy groups -OCH3 is 2. The van der Waals surface area contributed by atoms with Crippen LogP contribution in [-0.2, 0) is 0 Å². The minimum absolute atomic E-state index is 0.0730. The smallest absolute Gasteiger partial charge is 0.387 e. The maximum absolute atomic E-state index is 12.1. The van der Waals surface area contributed by atoms with Gasteiger partial charge in [0.25, 0.3) is 0 Å². The van der Waals surface area contributed by atoms with Gasteiger partial charge in [-0.3, -0.25) is 0 Å². The van der Waals surface area contributed by atoms with Gasteiger partial charge in [-0.15, -0.1) is 0 Å². The molecule has 0 aliphatic rings. The summed E-state index contributed by atoms with van der Waals surface area (Å²) in [5.41, 5.74) is 1.25. The van der Waals surface area contributed by atoms with Gasteiger partial charge < -0.3 is 24.8 Å². The van der Waals surface area contributed by atoms with Crippen LogP contribution >= 0.6 is 12.2 Å². The van der Waals surface area contributed by atoms with E-state index >= 15 is 0 Å². The molecule has 0 aliphatic heterocycles. The Hall–Kier alpha value is -2.61. The number of benzene rings is 2. The minimum atomic E-state index is -2.85. The van der Waals surface area contributed by atoms with E-state index < -0.39 is 6.61 Å². The second kappa shape index (κ2) is 8.30.